The quantitative estimate of drug-likeness (QED) is 0.292. The van der Waals surface area contributed by atoms with Crippen LogP contribution in [0.15, 0.2) is 100 Å². The first kappa shape index (κ1) is 15.6. The van der Waals surface area contributed by atoms with E-state index in [0.717, 1.165) is 16.9 Å². The van der Waals surface area contributed by atoms with E-state index in [1.165, 1.54) is 5.56 Å². The summed E-state index contributed by atoms with van der Waals surface area (Å²) >= 11 is 0. The van der Waals surface area contributed by atoms with Crippen LogP contribution in [-0.2, 0) is 0 Å². The molecule has 1 N–H and O–H groups in total. The molecule has 0 amide bonds. The molecular formula is C20H18N4. The third-order valence-corrected chi connectivity index (χ3v) is 3.39. The van der Waals surface area contributed by atoms with Crippen molar-refractivity contribution in [3.63, 3.8) is 0 Å². The molecule has 0 unspecified atom stereocenters. The molecule has 0 spiro atoms. The molecule has 0 saturated heterocycles. The number of aryl methyl sites for hydroxylation is 1. The molecule has 0 saturated carbocycles. The Bertz CT molecular complexity index is 823. The third kappa shape index (κ3) is 4.36. The number of anilines is 1. The third-order valence-electron chi connectivity index (χ3n) is 3.39. The summed E-state index contributed by atoms with van der Waals surface area (Å²) in [5.74, 6) is 0.530. The minimum atomic E-state index is 0.530. The zero-order valence-electron chi connectivity index (χ0n) is 13.4. The molecule has 0 aliphatic rings. The van der Waals surface area contributed by atoms with Crippen LogP contribution in [0.2, 0.25) is 0 Å². The van der Waals surface area contributed by atoms with E-state index in [2.05, 4.69) is 20.8 Å². The van der Waals surface area contributed by atoms with Gasteiger partial charge in [-0.1, -0.05) is 66.2 Å². The number of nitrogens with one attached hydrogen (secondary N) is 1. The van der Waals surface area contributed by atoms with E-state index in [1.807, 2.05) is 91.9 Å². The number of para-hydroxylation sites is 1. The van der Waals surface area contributed by atoms with Gasteiger partial charge in [-0.05, 0) is 31.2 Å². The fourth-order valence-corrected chi connectivity index (χ4v) is 2.08. The predicted octanol–water partition coefficient (Wildman–Crippen LogP) is 5.55. The minimum absolute atomic E-state index is 0.530. The zero-order valence-corrected chi connectivity index (χ0v) is 13.4. The standard InChI is InChI=1S/C20H18N4/c1-16-12-14-17(15-13-16)20(23-21-18-8-4-2-5-9-18)24-22-19-10-6-3-7-11-19/h2-15,21H,1H3. The molecule has 0 atom stereocenters. The van der Waals surface area contributed by atoms with Crippen LogP contribution in [0.3, 0.4) is 0 Å². The van der Waals surface area contributed by atoms with Gasteiger partial charge in [0.25, 0.3) is 0 Å². The Kier molecular flexibility index (Phi) is 5.10. The van der Waals surface area contributed by atoms with E-state index in [-0.39, 0.29) is 0 Å². The number of nitrogens with zero attached hydrogens (tertiary/aromatic N) is 3. The van der Waals surface area contributed by atoms with Crippen LogP contribution in [0.5, 0.6) is 0 Å². The van der Waals surface area contributed by atoms with Gasteiger partial charge in [0.15, 0.2) is 0 Å². The van der Waals surface area contributed by atoms with Gasteiger partial charge in [-0.15, -0.1) is 10.2 Å². The Labute approximate surface area is 141 Å². The van der Waals surface area contributed by atoms with Crippen molar-refractivity contribution < 1.29 is 0 Å². The molecule has 0 radical (unpaired) electrons. The molecule has 24 heavy (non-hydrogen) atoms. The summed E-state index contributed by atoms with van der Waals surface area (Å²) in [5, 5.41) is 13.0. The van der Waals surface area contributed by atoms with Crippen LogP contribution in [0.1, 0.15) is 11.1 Å². The number of amidine groups is 1. The Hall–Kier alpha value is -3.27. The fourth-order valence-electron chi connectivity index (χ4n) is 2.08. The van der Waals surface area contributed by atoms with E-state index >= 15 is 0 Å². The van der Waals surface area contributed by atoms with E-state index in [4.69, 9.17) is 0 Å². The fraction of sp³-hybridized carbons (Fsp3) is 0.0500. The van der Waals surface area contributed by atoms with E-state index in [9.17, 15) is 0 Å². The number of azo groups is 1. The van der Waals surface area contributed by atoms with Gasteiger partial charge in [-0.3, -0.25) is 5.43 Å². The van der Waals surface area contributed by atoms with Crippen LogP contribution >= 0.6 is 0 Å². The van der Waals surface area contributed by atoms with Gasteiger partial charge in [0.05, 0.1) is 11.4 Å². The second kappa shape index (κ2) is 7.83. The highest BCUT2D eigenvalue weighted by molar-refractivity contribution is 5.99. The molecule has 3 rings (SSSR count). The molecule has 0 bridgehead atoms. The summed E-state index contributed by atoms with van der Waals surface area (Å²) in [5.41, 5.74) is 6.81. The first-order valence-corrected chi connectivity index (χ1v) is 7.74. The van der Waals surface area contributed by atoms with Crippen molar-refractivity contribution in [2.45, 2.75) is 6.92 Å². The lowest BCUT2D eigenvalue weighted by Gasteiger charge is -2.04. The molecule has 3 aromatic carbocycles. The second-order valence-electron chi connectivity index (χ2n) is 5.31. The Balaban J connectivity index is 1.88. The zero-order chi connectivity index (χ0) is 16.6. The summed E-state index contributed by atoms with van der Waals surface area (Å²) in [4.78, 5) is 0. The van der Waals surface area contributed by atoms with E-state index in [0.29, 0.717) is 5.84 Å². The van der Waals surface area contributed by atoms with Gasteiger partial charge >= 0.3 is 0 Å². The minimum Gasteiger partial charge on any atom is -0.276 e. The summed E-state index contributed by atoms with van der Waals surface area (Å²) < 4.78 is 0. The monoisotopic (exact) mass is 314 g/mol. The van der Waals surface area contributed by atoms with Crippen LogP contribution in [0.4, 0.5) is 11.4 Å². The van der Waals surface area contributed by atoms with Crippen molar-refractivity contribution in [2.75, 3.05) is 5.43 Å². The van der Waals surface area contributed by atoms with Gasteiger partial charge < -0.3 is 0 Å². The van der Waals surface area contributed by atoms with Crippen molar-refractivity contribution in [3.8, 4) is 0 Å². The number of hydrazone groups is 1. The maximum absolute atomic E-state index is 4.42. The summed E-state index contributed by atoms with van der Waals surface area (Å²) in [6, 6.07) is 27.4. The van der Waals surface area contributed by atoms with Crippen LogP contribution in [0, 0.1) is 6.92 Å². The summed E-state index contributed by atoms with van der Waals surface area (Å²) in [6.07, 6.45) is 0. The van der Waals surface area contributed by atoms with Gasteiger partial charge in [-0.25, -0.2) is 0 Å². The smallest absolute Gasteiger partial charge is 0.201 e. The average molecular weight is 314 g/mol. The van der Waals surface area contributed by atoms with Gasteiger partial charge in [0.1, 0.15) is 0 Å². The molecular weight excluding hydrogens is 296 g/mol. The molecule has 118 valence electrons. The highest BCUT2D eigenvalue weighted by Gasteiger charge is 2.03. The van der Waals surface area contributed by atoms with E-state index < -0.39 is 0 Å². The number of hydrogen-bond acceptors (Lipinski definition) is 3. The lowest BCUT2D eigenvalue weighted by molar-refractivity contribution is 1.22. The van der Waals surface area contributed by atoms with Crippen LogP contribution in [-0.4, -0.2) is 5.84 Å². The molecule has 4 nitrogen and oxygen atoms in total. The highest BCUT2D eigenvalue weighted by Crippen LogP contribution is 2.14. The molecule has 0 aliphatic carbocycles. The Morgan fingerprint density at radius 2 is 1.38 bits per heavy atom. The molecule has 4 heteroatoms. The lowest BCUT2D eigenvalue weighted by Crippen LogP contribution is -2.01. The maximum atomic E-state index is 4.42. The van der Waals surface area contributed by atoms with Crippen molar-refractivity contribution >= 4 is 17.2 Å². The largest absolute Gasteiger partial charge is 0.276 e. The van der Waals surface area contributed by atoms with Crippen molar-refractivity contribution in [1.29, 1.82) is 0 Å². The van der Waals surface area contributed by atoms with Crippen LogP contribution < -0.4 is 5.43 Å². The molecule has 0 fully saturated rings. The molecule has 3 aromatic rings. The molecule has 0 aromatic heterocycles. The van der Waals surface area contributed by atoms with Gasteiger partial charge in [-0.2, -0.15) is 5.10 Å². The van der Waals surface area contributed by atoms with Crippen LogP contribution in [0.25, 0.3) is 0 Å². The maximum Gasteiger partial charge on any atom is 0.201 e. The van der Waals surface area contributed by atoms with Crippen molar-refractivity contribution in [2.24, 2.45) is 15.3 Å². The first-order valence-electron chi connectivity index (χ1n) is 7.74. The lowest BCUT2D eigenvalue weighted by atomic mass is 10.1. The molecule has 0 heterocycles. The topological polar surface area (TPSA) is 49.1 Å². The Morgan fingerprint density at radius 1 is 0.750 bits per heavy atom. The number of rotatable bonds is 4. The van der Waals surface area contributed by atoms with Crippen molar-refractivity contribution in [1.82, 2.24) is 0 Å². The number of hydrogen-bond donors (Lipinski definition) is 1. The second-order valence-corrected chi connectivity index (χ2v) is 5.31. The summed E-state index contributed by atoms with van der Waals surface area (Å²) in [6.45, 7) is 2.05. The highest BCUT2D eigenvalue weighted by atomic mass is 15.3. The van der Waals surface area contributed by atoms with Gasteiger partial charge in [0.2, 0.25) is 5.84 Å². The normalized spacial score (nSPS) is 11.6. The first-order chi connectivity index (χ1) is 11.8. The SMILES string of the molecule is Cc1ccc(C(N=Nc2ccccc2)=NNc2ccccc2)cc1. The Morgan fingerprint density at radius 3 is 2.04 bits per heavy atom. The summed E-state index contributed by atoms with van der Waals surface area (Å²) in [7, 11) is 0. The van der Waals surface area contributed by atoms with Crippen molar-refractivity contribution in [3.05, 3.63) is 96.1 Å². The average Bonchev–Trinajstić information content (AvgIpc) is 2.64. The number of benzene rings is 3. The molecule has 0 aliphatic heterocycles. The van der Waals surface area contributed by atoms with Gasteiger partial charge in [0, 0.05) is 5.56 Å². The van der Waals surface area contributed by atoms with E-state index in [1.54, 1.807) is 0 Å². The predicted molar refractivity (Wildman–Crippen MR) is 98.7 cm³/mol.